The molecule has 0 aliphatic carbocycles. The van der Waals surface area contributed by atoms with Crippen molar-refractivity contribution in [3.63, 3.8) is 0 Å². The number of aryl methyl sites for hydroxylation is 2. The third-order valence-electron chi connectivity index (χ3n) is 3.05. The molecule has 0 aliphatic rings. The highest BCUT2D eigenvalue weighted by Crippen LogP contribution is 2.36. The van der Waals surface area contributed by atoms with Gasteiger partial charge in [-0.1, -0.05) is 22.0 Å². The average molecular weight is 329 g/mol. The Hall–Kier alpha value is -1.29. The summed E-state index contributed by atoms with van der Waals surface area (Å²) in [5, 5.41) is 0. The van der Waals surface area contributed by atoms with Gasteiger partial charge in [-0.15, -0.1) is 0 Å². The molecule has 0 spiro atoms. The van der Waals surface area contributed by atoms with Gasteiger partial charge in [-0.05, 0) is 48.7 Å². The van der Waals surface area contributed by atoms with Crippen molar-refractivity contribution in [3.8, 4) is 0 Å². The van der Waals surface area contributed by atoms with Gasteiger partial charge in [0, 0.05) is 11.6 Å². The quantitative estimate of drug-likeness (QED) is 0.664. The van der Waals surface area contributed by atoms with E-state index in [-0.39, 0.29) is 5.82 Å². The molecule has 0 aliphatic heterocycles. The number of benzene rings is 2. The molecular weight excluding hydrogens is 317 g/mol. The molecule has 4 heteroatoms. The molecule has 2 rings (SSSR count). The third-order valence-corrected chi connectivity index (χ3v) is 4.00. The van der Waals surface area contributed by atoms with Crippen LogP contribution in [0.1, 0.15) is 27.1 Å². The van der Waals surface area contributed by atoms with Gasteiger partial charge in [-0.2, -0.15) is 0 Å². The summed E-state index contributed by atoms with van der Waals surface area (Å²) < 4.78 is 40.0. The summed E-state index contributed by atoms with van der Waals surface area (Å²) in [4.78, 5) is -0.436. The molecule has 0 saturated carbocycles. The zero-order valence-electron chi connectivity index (χ0n) is 10.5. The minimum absolute atomic E-state index is 0.321. The molecule has 1 unspecified atom stereocenters. The predicted octanol–water partition coefficient (Wildman–Crippen LogP) is 5.21. The van der Waals surface area contributed by atoms with Gasteiger partial charge < -0.3 is 0 Å². The zero-order chi connectivity index (χ0) is 14.2. The SMILES string of the molecule is Cc1cc(F)cc(C)c1C(Br)c1ccc(F)cc1F. The van der Waals surface area contributed by atoms with Crippen LogP contribution in [0.5, 0.6) is 0 Å². The lowest BCUT2D eigenvalue weighted by molar-refractivity contribution is 0.574. The topological polar surface area (TPSA) is 0 Å². The van der Waals surface area contributed by atoms with E-state index in [4.69, 9.17) is 0 Å². The van der Waals surface area contributed by atoms with Crippen LogP contribution in [0.15, 0.2) is 30.3 Å². The third kappa shape index (κ3) is 2.84. The normalized spacial score (nSPS) is 12.5. The van der Waals surface area contributed by atoms with Crippen LogP contribution >= 0.6 is 15.9 Å². The van der Waals surface area contributed by atoms with Crippen molar-refractivity contribution in [1.29, 1.82) is 0 Å². The van der Waals surface area contributed by atoms with E-state index >= 15 is 0 Å². The van der Waals surface area contributed by atoms with Crippen LogP contribution in [0.3, 0.4) is 0 Å². The summed E-state index contributed by atoms with van der Waals surface area (Å²) in [6, 6.07) is 6.25. The van der Waals surface area contributed by atoms with E-state index in [0.717, 1.165) is 22.8 Å². The van der Waals surface area contributed by atoms with Crippen molar-refractivity contribution in [1.82, 2.24) is 0 Å². The second kappa shape index (κ2) is 5.37. The number of hydrogen-bond donors (Lipinski definition) is 0. The molecule has 0 bridgehead atoms. The summed E-state index contributed by atoms with van der Waals surface area (Å²) in [5.41, 5.74) is 2.58. The number of halogens is 4. The molecule has 0 aromatic heterocycles. The van der Waals surface area contributed by atoms with Gasteiger partial charge in [0.2, 0.25) is 0 Å². The fraction of sp³-hybridized carbons (Fsp3) is 0.200. The Balaban J connectivity index is 2.53. The average Bonchev–Trinajstić information content (AvgIpc) is 2.26. The molecule has 0 radical (unpaired) electrons. The van der Waals surface area contributed by atoms with Crippen molar-refractivity contribution in [2.45, 2.75) is 18.7 Å². The van der Waals surface area contributed by atoms with Gasteiger partial charge in [0.1, 0.15) is 17.5 Å². The Kier molecular flexibility index (Phi) is 3.99. The number of rotatable bonds is 2. The molecule has 0 heterocycles. The van der Waals surface area contributed by atoms with E-state index in [0.29, 0.717) is 5.56 Å². The van der Waals surface area contributed by atoms with Crippen LogP contribution in [0.4, 0.5) is 13.2 Å². The van der Waals surface area contributed by atoms with Gasteiger partial charge in [0.05, 0.1) is 4.83 Å². The van der Waals surface area contributed by atoms with Gasteiger partial charge in [0.15, 0.2) is 0 Å². The van der Waals surface area contributed by atoms with Crippen LogP contribution in [-0.4, -0.2) is 0 Å². The first-order valence-electron chi connectivity index (χ1n) is 5.76. The molecule has 100 valence electrons. The van der Waals surface area contributed by atoms with Gasteiger partial charge >= 0.3 is 0 Å². The maximum Gasteiger partial charge on any atom is 0.130 e. The van der Waals surface area contributed by atoms with E-state index in [1.54, 1.807) is 13.8 Å². The summed E-state index contributed by atoms with van der Waals surface area (Å²) in [5.74, 6) is -1.56. The van der Waals surface area contributed by atoms with Crippen molar-refractivity contribution < 1.29 is 13.2 Å². The molecule has 0 saturated heterocycles. The van der Waals surface area contributed by atoms with Crippen LogP contribution in [0.25, 0.3) is 0 Å². The molecule has 1 atom stereocenters. The lowest BCUT2D eigenvalue weighted by atomic mass is 9.95. The smallest absolute Gasteiger partial charge is 0.130 e. The summed E-state index contributed by atoms with van der Waals surface area (Å²) in [6.07, 6.45) is 0. The number of hydrogen-bond acceptors (Lipinski definition) is 0. The van der Waals surface area contributed by atoms with Crippen molar-refractivity contribution in [3.05, 3.63) is 70.0 Å². The van der Waals surface area contributed by atoms with E-state index in [9.17, 15) is 13.2 Å². The Morgan fingerprint density at radius 2 is 1.47 bits per heavy atom. The highest BCUT2D eigenvalue weighted by molar-refractivity contribution is 9.09. The molecule has 0 amide bonds. The maximum absolute atomic E-state index is 13.8. The molecule has 2 aromatic carbocycles. The first-order chi connectivity index (χ1) is 8.90. The van der Waals surface area contributed by atoms with Crippen LogP contribution in [-0.2, 0) is 0 Å². The van der Waals surface area contributed by atoms with Crippen LogP contribution in [0, 0.1) is 31.3 Å². The maximum atomic E-state index is 13.8. The summed E-state index contributed by atoms with van der Waals surface area (Å²) in [6.45, 7) is 3.53. The van der Waals surface area contributed by atoms with Gasteiger partial charge in [-0.3, -0.25) is 0 Å². The van der Waals surface area contributed by atoms with Gasteiger partial charge in [-0.25, -0.2) is 13.2 Å². The second-order valence-electron chi connectivity index (χ2n) is 4.48. The lowest BCUT2D eigenvalue weighted by Crippen LogP contribution is -2.03. The Labute approximate surface area is 118 Å². The van der Waals surface area contributed by atoms with Gasteiger partial charge in [0.25, 0.3) is 0 Å². The largest absolute Gasteiger partial charge is 0.207 e. The fourth-order valence-electron chi connectivity index (χ4n) is 2.18. The summed E-state index contributed by atoms with van der Waals surface area (Å²) in [7, 11) is 0. The molecule has 0 nitrogen and oxygen atoms in total. The van der Waals surface area contributed by atoms with Crippen LogP contribution < -0.4 is 0 Å². The molecule has 2 aromatic rings. The first kappa shape index (κ1) is 14.1. The monoisotopic (exact) mass is 328 g/mol. The molecule has 0 fully saturated rings. The lowest BCUT2D eigenvalue weighted by Gasteiger charge is -2.17. The highest BCUT2D eigenvalue weighted by atomic mass is 79.9. The molecule has 0 N–H and O–H groups in total. The molecular formula is C15H12BrF3. The molecule has 19 heavy (non-hydrogen) atoms. The second-order valence-corrected chi connectivity index (χ2v) is 5.40. The van der Waals surface area contributed by atoms with Crippen molar-refractivity contribution >= 4 is 15.9 Å². The van der Waals surface area contributed by atoms with E-state index in [1.165, 1.54) is 24.3 Å². The zero-order valence-corrected chi connectivity index (χ0v) is 12.1. The highest BCUT2D eigenvalue weighted by Gasteiger charge is 2.19. The summed E-state index contributed by atoms with van der Waals surface area (Å²) >= 11 is 3.41. The Bertz CT molecular complexity index is 600. The number of alkyl halides is 1. The standard InChI is InChI=1S/C15H12BrF3/c1-8-5-11(18)6-9(2)14(8)15(16)12-4-3-10(17)7-13(12)19/h3-7,15H,1-2H3. The van der Waals surface area contributed by atoms with E-state index in [1.807, 2.05) is 0 Å². The minimum atomic E-state index is -0.620. The van der Waals surface area contributed by atoms with Crippen molar-refractivity contribution in [2.24, 2.45) is 0 Å². The minimum Gasteiger partial charge on any atom is -0.207 e. The predicted molar refractivity (Wildman–Crippen MR) is 73.0 cm³/mol. The fourth-order valence-corrected chi connectivity index (χ4v) is 3.28. The Morgan fingerprint density at radius 1 is 0.895 bits per heavy atom. The Morgan fingerprint density at radius 3 is 2.00 bits per heavy atom. The first-order valence-corrected chi connectivity index (χ1v) is 6.67. The van der Waals surface area contributed by atoms with E-state index < -0.39 is 16.5 Å². The van der Waals surface area contributed by atoms with Crippen molar-refractivity contribution in [2.75, 3.05) is 0 Å². The van der Waals surface area contributed by atoms with E-state index in [2.05, 4.69) is 15.9 Å². The van der Waals surface area contributed by atoms with Crippen LogP contribution in [0.2, 0.25) is 0 Å².